The first-order chi connectivity index (χ1) is 11.6. The van der Waals surface area contributed by atoms with Gasteiger partial charge >= 0.3 is 5.69 Å². The summed E-state index contributed by atoms with van der Waals surface area (Å²) in [5, 5.41) is 39.1. The number of nitrogens with one attached hydrogen (secondary N) is 1. The van der Waals surface area contributed by atoms with E-state index in [1.807, 2.05) is 0 Å². The van der Waals surface area contributed by atoms with E-state index in [9.17, 15) is 34.8 Å². The molecule has 0 saturated carbocycles. The molecule has 25 heavy (non-hydrogen) atoms. The summed E-state index contributed by atoms with van der Waals surface area (Å²) in [7, 11) is 1.15. The van der Waals surface area contributed by atoms with E-state index in [4.69, 9.17) is 10.5 Å². The van der Waals surface area contributed by atoms with Crippen LogP contribution >= 0.6 is 0 Å². The van der Waals surface area contributed by atoms with Gasteiger partial charge in [-0.05, 0) is 0 Å². The van der Waals surface area contributed by atoms with Crippen molar-refractivity contribution in [2.45, 2.75) is 37.6 Å². The number of H-pyrrole nitrogens is 1. The van der Waals surface area contributed by atoms with E-state index >= 15 is 0 Å². The van der Waals surface area contributed by atoms with Crippen LogP contribution in [0.5, 0.6) is 0 Å². The van der Waals surface area contributed by atoms with Crippen LogP contribution in [-0.4, -0.2) is 73.1 Å². The Morgan fingerprint density at radius 2 is 1.88 bits per heavy atom. The highest BCUT2D eigenvalue weighted by Crippen LogP contribution is 2.28. The van der Waals surface area contributed by atoms with E-state index in [1.54, 1.807) is 0 Å². The second-order valence-electron chi connectivity index (χ2n) is 5.67. The Labute approximate surface area is 140 Å². The van der Waals surface area contributed by atoms with Gasteiger partial charge in [-0.2, -0.15) is 0 Å². The molecule has 1 amide bonds. The van der Waals surface area contributed by atoms with Gasteiger partial charge in [0.1, 0.15) is 30.2 Å². The molecule has 12 heteroatoms. The maximum absolute atomic E-state index is 12.4. The molecule has 1 aliphatic rings. The fraction of sp³-hybridized carbons (Fsp3) is 0.615. The summed E-state index contributed by atoms with van der Waals surface area (Å²) in [5.41, 5.74) is 3.42. The number of ether oxygens (including phenoxy) is 1. The van der Waals surface area contributed by atoms with E-state index in [0.717, 1.165) is 14.0 Å². The first-order valence-corrected chi connectivity index (χ1v) is 7.30. The Morgan fingerprint density at radius 1 is 1.28 bits per heavy atom. The van der Waals surface area contributed by atoms with Gasteiger partial charge in [0.05, 0.1) is 6.61 Å². The average Bonchev–Trinajstić information content (AvgIpc) is 2.55. The number of carbonyl (C=O) groups excluding carboxylic acids is 1. The highest BCUT2D eigenvalue weighted by molar-refractivity contribution is 5.94. The smallest absolute Gasteiger partial charge is 0.329 e. The van der Waals surface area contributed by atoms with Crippen molar-refractivity contribution in [3.63, 3.8) is 0 Å². The van der Waals surface area contributed by atoms with Crippen LogP contribution in [0.4, 0.5) is 11.5 Å². The number of amides is 1. The van der Waals surface area contributed by atoms with Crippen LogP contribution in [0.2, 0.25) is 0 Å². The van der Waals surface area contributed by atoms with Gasteiger partial charge in [-0.3, -0.25) is 24.0 Å². The summed E-state index contributed by atoms with van der Waals surface area (Å²) in [5.74, 6) is -1.24. The normalized spacial score (nSPS) is 29.4. The second kappa shape index (κ2) is 6.93. The molecule has 7 N–H and O–H groups in total. The van der Waals surface area contributed by atoms with Gasteiger partial charge in [-0.1, -0.05) is 0 Å². The minimum atomic E-state index is -1.81. The van der Waals surface area contributed by atoms with Crippen molar-refractivity contribution in [1.29, 1.82) is 0 Å². The molecule has 1 aromatic rings. The van der Waals surface area contributed by atoms with E-state index in [-0.39, 0.29) is 0 Å². The van der Waals surface area contributed by atoms with Crippen LogP contribution in [0.1, 0.15) is 6.92 Å². The summed E-state index contributed by atoms with van der Waals surface area (Å²) in [6.45, 7) is 0.331. The zero-order valence-corrected chi connectivity index (χ0v) is 13.5. The van der Waals surface area contributed by atoms with Gasteiger partial charge in [-0.25, -0.2) is 4.79 Å². The molecule has 1 saturated heterocycles. The standard InChI is InChI=1S/C13H20N4O8/c1-4(19)17(6-10(14)15-13(24)16(2)11(6)23)12-9(22)8(21)7(20)5(3-18)25-12/h5,7-9,12,18,20-22H,3,14H2,1-2H3,(H,15,24)/t5-,7+,8+,9-,12-/m0/s1. The molecule has 1 fully saturated rings. The topological polar surface area (TPSA) is 191 Å². The molecular formula is C13H20N4O8. The van der Waals surface area contributed by atoms with E-state index in [1.165, 1.54) is 0 Å². The number of rotatable bonds is 3. The van der Waals surface area contributed by atoms with Crippen molar-refractivity contribution < 1.29 is 30.0 Å². The third-order valence-electron chi connectivity index (χ3n) is 4.01. The third-order valence-corrected chi connectivity index (χ3v) is 4.01. The molecule has 5 atom stereocenters. The molecule has 0 aliphatic carbocycles. The zero-order chi connectivity index (χ0) is 19.0. The van der Waals surface area contributed by atoms with Crippen LogP contribution < -0.4 is 21.9 Å². The molecule has 1 aromatic heterocycles. The maximum atomic E-state index is 12.4. The van der Waals surface area contributed by atoms with E-state index < -0.39 is 65.9 Å². The summed E-state index contributed by atoms with van der Waals surface area (Å²) in [4.78, 5) is 38.9. The lowest BCUT2D eigenvalue weighted by Crippen LogP contribution is -2.65. The number of aromatic amines is 1. The first-order valence-electron chi connectivity index (χ1n) is 7.30. The van der Waals surface area contributed by atoms with Crippen molar-refractivity contribution in [3.05, 3.63) is 20.8 Å². The fourth-order valence-corrected chi connectivity index (χ4v) is 2.62. The second-order valence-corrected chi connectivity index (χ2v) is 5.67. The molecule has 2 heterocycles. The van der Waals surface area contributed by atoms with Crippen LogP contribution in [0.3, 0.4) is 0 Å². The molecule has 0 aromatic carbocycles. The van der Waals surface area contributed by atoms with Gasteiger partial charge in [-0.15, -0.1) is 0 Å². The Kier molecular flexibility index (Phi) is 5.29. The number of nitrogens with zero attached hydrogens (tertiary/aromatic N) is 2. The van der Waals surface area contributed by atoms with Crippen LogP contribution in [0.25, 0.3) is 0 Å². The molecule has 1 aliphatic heterocycles. The fourth-order valence-electron chi connectivity index (χ4n) is 2.62. The van der Waals surface area contributed by atoms with Crippen LogP contribution in [0.15, 0.2) is 9.59 Å². The summed E-state index contributed by atoms with van der Waals surface area (Å²) >= 11 is 0. The SMILES string of the molecule is CC(=O)N(c1c(N)[nH]c(=O)n(C)c1=O)[C@H]1O[C@@H](CO)[C@@H](O)[C@@H](O)[C@@H]1O. The van der Waals surface area contributed by atoms with Crippen molar-refractivity contribution >= 4 is 17.4 Å². The van der Waals surface area contributed by atoms with Gasteiger partial charge in [0, 0.05) is 14.0 Å². The quantitative estimate of drug-likeness (QED) is 0.310. The van der Waals surface area contributed by atoms with E-state index in [2.05, 4.69) is 4.98 Å². The predicted molar refractivity (Wildman–Crippen MR) is 83.6 cm³/mol. The number of aromatic nitrogens is 2. The lowest BCUT2D eigenvalue weighted by molar-refractivity contribution is -0.228. The van der Waals surface area contributed by atoms with E-state index in [0.29, 0.717) is 9.47 Å². The molecule has 2 rings (SSSR count). The Balaban J connectivity index is 2.60. The van der Waals surface area contributed by atoms with Gasteiger partial charge in [0.2, 0.25) is 5.91 Å². The first kappa shape index (κ1) is 19.1. The summed E-state index contributed by atoms with van der Waals surface area (Å²) in [6.07, 6.45) is -8.13. The summed E-state index contributed by atoms with van der Waals surface area (Å²) < 4.78 is 5.95. The molecule has 0 spiro atoms. The number of carbonyl (C=O) groups is 1. The molecule has 12 nitrogen and oxygen atoms in total. The number of aliphatic hydroxyl groups is 4. The average molecular weight is 360 g/mol. The number of anilines is 2. The zero-order valence-electron chi connectivity index (χ0n) is 13.5. The number of hydrogen-bond donors (Lipinski definition) is 6. The largest absolute Gasteiger partial charge is 0.394 e. The Bertz CT molecular complexity index is 772. The van der Waals surface area contributed by atoms with Gasteiger partial charge < -0.3 is 30.9 Å². The molecule has 0 radical (unpaired) electrons. The highest BCUT2D eigenvalue weighted by Gasteiger charge is 2.47. The molecule has 0 bridgehead atoms. The molecular weight excluding hydrogens is 340 g/mol. The summed E-state index contributed by atoms with van der Waals surface area (Å²) in [6, 6.07) is 0. The minimum absolute atomic E-state index is 0.444. The number of nitrogens with two attached hydrogens (primary N) is 1. The van der Waals surface area contributed by atoms with Gasteiger partial charge in [0.15, 0.2) is 11.9 Å². The number of aliphatic hydroxyl groups excluding tert-OH is 4. The van der Waals surface area contributed by atoms with Crippen LogP contribution in [-0.2, 0) is 16.6 Å². The van der Waals surface area contributed by atoms with Crippen molar-refractivity contribution in [2.75, 3.05) is 17.2 Å². The maximum Gasteiger partial charge on any atom is 0.329 e. The van der Waals surface area contributed by atoms with Crippen LogP contribution in [0, 0.1) is 0 Å². The van der Waals surface area contributed by atoms with Crippen molar-refractivity contribution in [3.8, 4) is 0 Å². The van der Waals surface area contributed by atoms with Crippen molar-refractivity contribution in [2.24, 2.45) is 7.05 Å². The molecule has 0 unspecified atom stereocenters. The lowest BCUT2D eigenvalue weighted by Gasteiger charge is -2.44. The van der Waals surface area contributed by atoms with Gasteiger partial charge in [0.25, 0.3) is 5.56 Å². The van der Waals surface area contributed by atoms with Crippen molar-refractivity contribution in [1.82, 2.24) is 9.55 Å². The minimum Gasteiger partial charge on any atom is -0.394 e. The Hall–Kier alpha value is -2.25. The highest BCUT2D eigenvalue weighted by atomic mass is 16.6. The number of hydrogen-bond acceptors (Lipinski definition) is 9. The molecule has 140 valence electrons. The third kappa shape index (κ3) is 3.17. The number of nitrogen functional groups attached to an aromatic ring is 1. The monoisotopic (exact) mass is 360 g/mol. The Morgan fingerprint density at radius 3 is 2.40 bits per heavy atom. The predicted octanol–water partition coefficient (Wildman–Crippen LogP) is -4.19. The lowest BCUT2D eigenvalue weighted by atomic mass is 9.97.